The average molecular weight is 280 g/mol. The summed E-state index contributed by atoms with van der Waals surface area (Å²) in [7, 11) is 0. The third-order valence-corrected chi connectivity index (χ3v) is 4.22. The van der Waals surface area contributed by atoms with Crippen LogP contribution in [0.3, 0.4) is 0 Å². The zero-order valence-corrected chi connectivity index (χ0v) is 11.7. The van der Waals surface area contributed by atoms with Crippen LogP contribution in [-0.4, -0.2) is 29.9 Å². The Kier molecular flexibility index (Phi) is 2.70. The SMILES string of the molecule is O=C1CN(CC2CC2)C(=O)N1c1cccc2ccccc12. The van der Waals surface area contributed by atoms with Gasteiger partial charge in [0.05, 0.1) is 5.69 Å². The first-order valence-electron chi connectivity index (χ1n) is 7.33. The molecular formula is C17H16N2O2. The van der Waals surface area contributed by atoms with E-state index in [-0.39, 0.29) is 18.5 Å². The molecular weight excluding hydrogens is 264 g/mol. The van der Waals surface area contributed by atoms with Gasteiger partial charge in [-0.3, -0.25) is 4.79 Å². The molecule has 106 valence electrons. The molecule has 0 bridgehead atoms. The molecule has 1 aliphatic heterocycles. The zero-order valence-electron chi connectivity index (χ0n) is 11.7. The average Bonchev–Trinajstić information content (AvgIpc) is 3.26. The highest BCUT2D eigenvalue weighted by molar-refractivity contribution is 6.23. The summed E-state index contributed by atoms with van der Waals surface area (Å²) in [6.45, 7) is 0.921. The summed E-state index contributed by atoms with van der Waals surface area (Å²) in [6, 6.07) is 13.4. The minimum absolute atomic E-state index is 0.128. The van der Waals surface area contributed by atoms with Crippen LogP contribution in [0.1, 0.15) is 12.8 Å². The predicted octanol–water partition coefficient (Wildman–Crippen LogP) is 3.02. The summed E-state index contributed by atoms with van der Waals surface area (Å²) in [5.41, 5.74) is 0.696. The number of hydrogen-bond donors (Lipinski definition) is 0. The maximum Gasteiger partial charge on any atom is 0.331 e. The molecule has 0 N–H and O–H groups in total. The Labute approximate surface area is 122 Å². The Morgan fingerprint density at radius 1 is 1.00 bits per heavy atom. The first-order valence-corrected chi connectivity index (χ1v) is 7.33. The summed E-state index contributed by atoms with van der Waals surface area (Å²) < 4.78 is 0. The first kappa shape index (κ1) is 12.4. The van der Waals surface area contributed by atoms with E-state index in [0.29, 0.717) is 18.2 Å². The van der Waals surface area contributed by atoms with E-state index in [1.807, 2.05) is 42.5 Å². The Bertz CT molecular complexity index is 731. The van der Waals surface area contributed by atoms with Crippen molar-refractivity contribution in [3.8, 4) is 0 Å². The molecule has 0 aromatic heterocycles. The second-order valence-corrected chi connectivity index (χ2v) is 5.83. The van der Waals surface area contributed by atoms with Gasteiger partial charge in [-0.15, -0.1) is 0 Å². The zero-order chi connectivity index (χ0) is 14.4. The number of imide groups is 1. The molecule has 0 spiro atoms. The van der Waals surface area contributed by atoms with Crippen molar-refractivity contribution in [3.05, 3.63) is 42.5 Å². The number of amides is 3. The molecule has 0 radical (unpaired) electrons. The molecule has 2 aromatic carbocycles. The van der Waals surface area contributed by atoms with Crippen molar-refractivity contribution in [3.63, 3.8) is 0 Å². The van der Waals surface area contributed by atoms with Crippen LogP contribution in [0.5, 0.6) is 0 Å². The van der Waals surface area contributed by atoms with Gasteiger partial charge in [-0.05, 0) is 30.2 Å². The molecule has 1 aliphatic carbocycles. The minimum Gasteiger partial charge on any atom is -0.314 e. The van der Waals surface area contributed by atoms with Crippen molar-refractivity contribution in [1.82, 2.24) is 4.90 Å². The van der Waals surface area contributed by atoms with E-state index in [1.165, 1.54) is 17.7 Å². The summed E-state index contributed by atoms with van der Waals surface area (Å²) in [5, 5.41) is 1.98. The summed E-state index contributed by atoms with van der Waals surface area (Å²) in [6.07, 6.45) is 2.35. The maximum absolute atomic E-state index is 12.6. The number of fused-ring (bicyclic) bond motifs is 1. The van der Waals surface area contributed by atoms with E-state index in [9.17, 15) is 9.59 Å². The quantitative estimate of drug-likeness (QED) is 0.811. The molecule has 1 saturated heterocycles. The molecule has 4 heteroatoms. The van der Waals surface area contributed by atoms with E-state index in [1.54, 1.807) is 4.90 Å². The van der Waals surface area contributed by atoms with Gasteiger partial charge in [-0.1, -0.05) is 36.4 Å². The Morgan fingerprint density at radius 3 is 2.57 bits per heavy atom. The Morgan fingerprint density at radius 2 is 1.76 bits per heavy atom. The first-order chi connectivity index (χ1) is 10.2. The lowest BCUT2D eigenvalue weighted by atomic mass is 10.1. The Balaban J connectivity index is 1.74. The standard InChI is InChI=1S/C17H16N2O2/c20-16-11-18(10-12-8-9-12)17(21)19(16)15-7-3-5-13-4-1-2-6-14(13)15/h1-7,12H,8-11H2. The third kappa shape index (κ3) is 2.07. The van der Waals surface area contributed by atoms with Crippen LogP contribution in [0.15, 0.2) is 42.5 Å². The molecule has 1 heterocycles. The topological polar surface area (TPSA) is 40.6 Å². The van der Waals surface area contributed by atoms with Gasteiger partial charge in [0, 0.05) is 11.9 Å². The largest absolute Gasteiger partial charge is 0.331 e. The van der Waals surface area contributed by atoms with Gasteiger partial charge in [0.25, 0.3) is 5.91 Å². The number of hydrogen-bond acceptors (Lipinski definition) is 2. The lowest BCUT2D eigenvalue weighted by molar-refractivity contribution is -0.116. The van der Waals surface area contributed by atoms with Gasteiger partial charge in [0.15, 0.2) is 0 Å². The fraction of sp³-hybridized carbons (Fsp3) is 0.294. The number of urea groups is 1. The van der Waals surface area contributed by atoms with Gasteiger partial charge in [0.1, 0.15) is 6.54 Å². The molecule has 1 saturated carbocycles. The predicted molar refractivity (Wildman–Crippen MR) is 81.1 cm³/mol. The summed E-state index contributed by atoms with van der Waals surface area (Å²) in [4.78, 5) is 27.9. The van der Waals surface area contributed by atoms with Crippen LogP contribution in [0, 0.1) is 5.92 Å². The van der Waals surface area contributed by atoms with Crippen molar-refractivity contribution >= 4 is 28.4 Å². The second kappa shape index (κ2) is 4.58. The van der Waals surface area contributed by atoms with Gasteiger partial charge < -0.3 is 4.90 Å². The van der Waals surface area contributed by atoms with E-state index < -0.39 is 0 Å². The Hall–Kier alpha value is -2.36. The van der Waals surface area contributed by atoms with E-state index >= 15 is 0 Å². The van der Waals surface area contributed by atoms with Crippen molar-refractivity contribution in [2.24, 2.45) is 5.92 Å². The molecule has 3 amide bonds. The molecule has 4 nitrogen and oxygen atoms in total. The maximum atomic E-state index is 12.6. The monoisotopic (exact) mass is 280 g/mol. The molecule has 2 aliphatic rings. The smallest absolute Gasteiger partial charge is 0.314 e. The number of carbonyl (C=O) groups is 2. The van der Waals surface area contributed by atoms with Crippen LogP contribution in [0.2, 0.25) is 0 Å². The van der Waals surface area contributed by atoms with Crippen LogP contribution in [0.4, 0.5) is 10.5 Å². The highest BCUT2D eigenvalue weighted by atomic mass is 16.2. The molecule has 21 heavy (non-hydrogen) atoms. The highest BCUT2D eigenvalue weighted by Gasteiger charge is 2.40. The highest BCUT2D eigenvalue weighted by Crippen LogP contribution is 2.33. The van der Waals surface area contributed by atoms with Gasteiger partial charge >= 0.3 is 6.03 Å². The van der Waals surface area contributed by atoms with E-state index in [2.05, 4.69) is 0 Å². The number of rotatable bonds is 3. The van der Waals surface area contributed by atoms with Crippen LogP contribution >= 0.6 is 0 Å². The molecule has 0 atom stereocenters. The summed E-state index contributed by atoms with van der Waals surface area (Å²) >= 11 is 0. The van der Waals surface area contributed by atoms with Gasteiger partial charge in [-0.2, -0.15) is 0 Å². The molecule has 2 fully saturated rings. The van der Waals surface area contributed by atoms with Crippen LogP contribution < -0.4 is 4.90 Å². The number of carbonyl (C=O) groups excluding carboxylic acids is 2. The fourth-order valence-corrected chi connectivity index (χ4v) is 2.95. The molecule has 2 aromatic rings. The molecule has 0 unspecified atom stereocenters. The van der Waals surface area contributed by atoms with Crippen LogP contribution in [0.25, 0.3) is 10.8 Å². The van der Waals surface area contributed by atoms with Gasteiger partial charge in [-0.25, -0.2) is 9.69 Å². The normalized spacial score (nSPS) is 18.9. The number of nitrogens with zero attached hydrogens (tertiary/aromatic N) is 2. The summed E-state index contributed by atoms with van der Waals surface area (Å²) in [5.74, 6) is 0.464. The van der Waals surface area contributed by atoms with Crippen molar-refractivity contribution in [1.29, 1.82) is 0 Å². The second-order valence-electron chi connectivity index (χ2n) is 5.83. The third-order valence-electron chi connectivity index (χ3n) is 4.22. The van der Waals surface area contributed by atoms with Crippen molar-refractivity contribution in [2.75, 3.05) is 18.0 Å². The number of anilines is 1. The number of benzene rings is 2. The fourth-order valence-electron chi connectivity index (χ4n) is 2.95. The van der Waals surface area contributed by atoms with E-state index in [0.717, 1.165) is 10.8 Å². The molecule has 4 rings (SSSR count). The van der Waals surface area contributed by atoms with Gasteiger partial charge in [0.2, 0.25) is 0 Å². The van der Waals surface area contributed by atoms with Crippen molar-refractivity contribution < 1.29 is 9.59 Å². The minimum atomic E-state index is -0.178. The lowest BCUT2D eigenvalue weighted by Crippen LogP contribution is -2.34. The van der Waals surface area contributed by atoms with Crippen LogP contribution in [-0.2, 0) is 4.79 Å². The van der Waals surface area contributed by atoms with E-state index in [4.69, 9.17) is 0 Å². The van der Waals surface area contributed by atoms with Crippen molar-refractivity contribution in [2.45, 2.75) is 12.8 Å². The lowest BCUT2D eigenvalue weighted by Gasteiger charge is -2.18.